The minimum absolute atomic E-state index is 0.922. The molecule has 3 rings (SSSR count). The average Bonchev–Trinajstić information content (AvgIpc) is 2.47. The maximum absolute atomic E-state index is 4.37. The fraction of sp³-hybridized carbons (Fsp3) is 0. The molecule has 1 aromatic heterocycles. The molecule has 19 heavy (non-hydrogen) atoms. The van der Waals surface area contributed by atoms with Crippen LogP contribution in [0, 0.1) is 0 Å². The molecule has 3 nitrogen and oxygen atoms in total. The minimum atomic E-state index is 0.922. The molecule has 0 amide bonds. The van der Waals surface area contributed by atoms with E-state index in [4.69, 9.17) is 0 Å². The van der Waals surface area contributed by atoms with Crippen LogP contribution < -0.4 is 1.33 Å². The summed E-state index contributed by atoms with van der Waals surface area (Å²) in [6.45, 7) is 0. The number of rotatable bonds is 2. The summed E-state index contributed by atoms with van der Waals surface area (Å²) in [6.07, 6.45) is 1.61. The Morgan fingerprint density at radius 1 is 0.842 bits per heavy atom. The van der Waals surface area contributed by atoms with Crippen LogP contribution >= 0.6 is 45.7 Å². The number of anilines is 1. The Balaban J connectivity index is 2.18. The Bertz CT molecular complexity index is 714. The van der Waals surface area contributed by atoms with Crippen LogP contribution in [0.3, 0.4) is 0 Å². The van der Waals surface area contributed by atoms with Gasteiger partial charge in [-0.3, -0.25) is 0 Å². The van der Waals surface area contributed by atoms with Crippen LogP contribution in [0.5, 0.6) is 0 Å². The molecule has 0 saturated heterocycles. The first-order valence-corrected chi connectivity index (χ1v) is 7.60. The Morgan fingerprint density at radius 2 is 1.63 bits per heavy atom. The molecule has 0 aliphatic rings. The average molecular weight is 473 g/mol. The van der Waals surface area contributed by atoms with E-state index in [9.17, 15) is 0 Å². The molecular weight excluding hydrogens is 464 g/mol. The molecule has 0 atom stereocenters. The van der Waals surface area contributed by atoms with Crippen molar-refractivity contribution in [1.82, 2.24) is 9.97 Å². The van der Waals surface area contributed by atoms with Crippen LogP contribution in [0.25, 0.3) is 22.0 Å². The molecule has 0 spiro atoms. The number of halogens is 2. The standard InChI is InChI=1S/C14H9I2N3/c15-19(16)14-12-7-6-11(8-13(12)17-9-18-14)10-4-2-1-3-5-10/h1-9H. The van der Waals surface area contributed by atoms with E-state index in [0.29, 0.717) is 0 Å². The van der Waals surface area contributed by atoms with Gasteiger partial charge in [0.05, 0.1) is 51.2 Å². The van der Waals surface area contributed by atoms with E-state index >= 15 is 0 Å². The second-order valence-corrected chi connectivity index (χ2v) is 7.80. The van der Waals surface area contributed by atoms with Gasteiger partial charge < -0.3 is 0 Å². The van der Waals surface area contributed by atoms with Gasteiger partial charge in [-0.2, -0.15) is 0 Å². The lowest BCUT2D eigenvalue weighted by atomic mass is 10.0. The maximum atomic E-state index is 4.37. The molecule has 0 fully saturated rings. The van der Waals surface area contributed by atoms with Gasteiger partial charge in [0.2, 0.25) is 0 Å². The van der Waals surface area contributed by atoms with Crippen molar-refractivity contribution in [3.8, 4) is 11.1 Å². The highest BCUT2D eigenvalue weighted by Crippen LogP contribution is 2.30. The molecule has 0 bridgehead atoms. The van der Waals surface area contributed by atoms with Crippen molar-refractivity contribution in [1.29, 1.82) is 0 Å². The van der Waals surface area contributed by atoms with E-state index in [1.807, 2.05) is 19.5 Å². The number of nitrogens with zero attached hydrogens (tertiary/aromatic N) is 3. The minimum Gasteiger partial charge on any atom is -0.237 e. The Kier molecular flexibility index (Phi) is 3.83. The van der Waals surface area contributed by atoms with Gasteiger partial charge >= 0.3 is 0 Å². The van der Waals surface area contributed by atoms with E-state index < -0.39 is 0 Å². The topological polar surface area (TPSA) is 29.0 Å². The van der Waals surface area contributed by atoms with Crippen molar-refractivity contribution in [3.05, 3.63) is 54.9 Å². The third-order valence-electron chi connectivity index (χ3n) is 2.88. The summed E-state index contributed by atoms with van der Waals surface area (Å²) in [5.74, 6) is 0.922. The highest BCUT2D eigenvalue weighted by Gasteiger charge is 2.08. The molecule has 0 aliphatic carbocycles. The molecule has 0 N–H and O–H groups in total. The first-order valence-electron chi connectivity index (χ1n) is 5.67. The largest absolute Gasteiger partial charge is 0.237 e. The predicted octanol–water partition coefficient (Wildman–Crippen LogP) is 4.80. The summed E-state index contributed by atoms with van der Waals surface area (Å²) in [5.41, 5.74) is 3.33. The Labute approximate surface area is 139 Å². The van der Waals surface area contributed by atoms with Gasteiger partial charge in [0.1, 0.15) is 6.33 Å². The zero-order valence-corrected chi connectivity index (χ0v) is 14.1. The van der Waals surface area contributed by atoms with Gasteiger partial charge in [-0.25, -0.2) is 11.3 Å². The van der Waals surface area contributed by atoms with Gasteiger partial charge in [0, 0.05) is 5.39 Å². The van der Waals surface area contributed by atoms with Crippen LogP contribution in [0.15, 0.2) is 54.9 Å². The summed E-state index contributed by atoms with van der Waals surface area (Å²) < 4.78 is 1.95. The number of benzene rings is 2. The summed E-state index contributed by atoms with van der Waals surface area (Å²) in [5, 5.41) is 1.06. The van der Waals surface area contributed by atoms with Gasteiger partial charge in [0.25, 0.3) is 0 Å². The first-order chi connectivity index (χ1) is 9.25. The van der Waals surface area contributed by atoms with E-state index in [2.05, 4.69) is 86.0 Å². The summed E-state index contributed by atoms with van der Waals surface area (Å²) in [4.78, 5) is 8.67. The molecule has 1 heterocycles. The van der Waals surface area contributed by atoms with E-state index in [1.54, 1.807) is 6.33 Å². The van der Waals surface area contributed by atoms with Gasteiger partial charge in [-0.05, 0) is 23.3 Å². The Hall–Kier alpha value is -0.960. The second-order valence-electron chi connectivity index (χ2n) is 4.03. The number of hydrogen-bond donors (Lipinski definition) is 0. The van der Waals surface area contributed by atoms with Crippen molar-refractivity contribution in [2.75, 3.05) is 1.33 Å². The van der Waals surface area contributed by atoms with E-state index in [0.717, 1.165) is 16.7 Å². The van der Waals surface area contributed by atoms with Crippen LogP contribution in [0.1, 0.15) is 0 Å². The molecular formula is C14H9I2N3. The number of aromatic nitrogens is 2. The first kappa shape index (κ1) is 13.0. The van der Waals surface area contributed by atoms with Crippen molar-refractivity contribution >= 4 is 62.4 Å². The smallest absolute Gasteiger partial charge is 0.157 e. The van der Waals surface area contributed by atoms with Gasteiger partial charge in [-0.15, -0.1) is 0 Å². The highest BCUT2D eigenvalue weighted by molar-refractivity contribution is 14.2. The molecule has 2 aromatic carbocycles. The summed E-state index contributed by atoms with van der Waals surface area (Å²) in [7, 11) is 0. The van der Waals surface area contributed by atoms with Gasteiger partial charge in [-0.1, -0.05) is 36.4 Å². The molecule has 94 valence electrons. The number of fused-ring (bicyclic) bond motifs is 1. The van der Waals surface area contributed by atoms with Crippen LogP contribution in [-0.2, 0) is 0 Å². The molecule has 0 aliphatic heterocycles. The van der Waals surface area contributed by atoms with Crippen LogP contribution in [0.4, 0.5) is 5.82 Å². The zero-order chi connectivity index (χ0) is 13.2. The number of hydrogen-bond acceptors (Lipinski definition) is 3. The summed E-state index contributed by atoms with van der Waals surface area (Å²) in [6, 6.07) is 16.6. The molecule has 0 saturated carbocycles. The SMILES string of the molecule is IN(I)c1ncnc2cc(-c3ccccc3)ccc12. The highest BCUT2D eigenvalue weighted by atomic mass is 127. The Morgan fingerprint density at radius 3 is 2.37 bits per heavy atom. The normalized spacial score (nSPS) is 10.6. The fourth-order valence-corrected chi connectivity index (χ4v) is 2.76. The molecule has 0 radical (unpaired) electrons. The van der Waals surface area contributed by atoms with Crippen LogP contribution in [0.2, 0.25) is 0 Å². The lowest BCUT2D eigenvalue weighted by Gasteiger charge is -2.10. The third-order valence-corrected chi connectivity index (χ3v) is 3.80. The third kappa shape index (κ3) is 2.66. The van der Waals surface area contributed by atoms with Crippen molar-refractivity contribution in [3.63, 3.8) is 0 Å². The lowest BCUT2D eigenvalue weighted by molar-refractivity contribution is 1.22. The van der Waals surface area contributed by atoms with Gasteiger partial charge in [0.15, 0.2) is 5.82 Å². The van der Waals surface area contributed by atoms with Crippen molar-refractivity contribution < 1.29 is 0 Å². The zero-order valence-electron chi connectivity index (χ0n) is 9.79. The molecule has 5 heteroatoms. The molecule has 0 unspecified atom stereocenters. The lowest BCUT2D eigenvalue weighted by Crippen LogP contribution is -1.96. The summed E-state index contributed by atoms with van der Waals surface area (Å²) >= 11 is 4.41. The monoisotopic (exact) mass is 473 g/mol. The maximum Gasteiger partial charge on any atom is 0.157 e. The van der Waals surface area contributed by atoms with E-state index in [-0.39, 0.29) is 0 Å². The fourth-order valence-electron chi connectivity index (χ4n) is 1.99. The van der Waals surface area contributed by atoms with Crippen LogP contribution in [-0.4, -0.2) is 9.97 Å². The predicted molar refractivity (Wildman–Crippen MR) is 95.5 cm³/mol. The quantitative estimate of drug-likeness (QED) is 0.396. The van der Waals surface area contributed by atoms with Crippen molar-refractivity contribution in [2.45, 2.75) is 0 Å². The second kappa shape index (κ2) is 5.58. The molecule has 3 aromatic rings. The van der Waals surface area contributed by atoms with E-state index in [1.165, 1.54) is 11.1 Å². The van der Waals surface area contributed by atoms with Crippen molar-refractivity contribution in [2.24, 2.45) is 0 Å².